The van der Waals surface area contributed by atoms with Gasteiger partial charge < -0.3 is 15.0 Å². The molecule has 1 saturated heterocycles. The van der Waals surface area contributed by atoms with Gasteiger partial charge >= 0.3 is 0 Å². The lowest BCUT2D eigenvalue weighted by Crippen LogP contribution is -2.38. The highest BCUT2D eigenvalue weighted by molar-refractivity contribution is 7.17. The van der Waals surface area contributed by atoms with Crippen LogP contribution in [-0.2, 0) is 4.79 Å². The summed E-state index contributed by atoms with van der Waals surface area (Å²) >= 11 is 1.57. The molecule has 140 valence electrons. The maximum absolute atomic E-state index is 12.5. The molecule has 27 heavy (non-hydrogen) atoms. The zero-order valence-electron chi connectivity index (χ0n) is 15.0. The number of nitrogens with zero attached hydrogens (tertiary/aromatic N) is 4. The number of carbonyl (C=O) groups is 1. The van der Waals surface area contributed by atoms with Gasteiger partial charge in [0, 0.05) is 37.1 Å². The van der Waals surface area contributed by atoms with Crippen molar-refractivity contribution >= 4 is 28.1 Å². The lowest BCUT2D eigenvalue weighted by molar-refractivity contribution is -0.120. The van der Waals surface area contributed by atoms with Crippen molar-refractivity contribution < 1.29 is 9.53 Å². The van der Waals surface area contributed by atoms with Crippen LogP contribution in [0.25, 0.3) is 5.13 Å². The molecule has 0 atom stereocenters. The smallest absolute Gasteiger partial charge is 0.227 e. The number of hydrogen-bond donors (Lipinski definition) is 1. The van der Waals surface area contributed by atoms with E-state index in [0.717, 1.165) is 47.6 Å². The van der Waals surface area contributed by atoms with E-state index in [4.69, 9.17) is 4.74 Å². The average molecular weight is 383 g/mol. The Balaban J connectivity index is 1.32. The van der Waals surface area contributed by atoms with Crippen molar-refractivity contribution in [3.8, 4) is 10.9 Å². The predicted octanol–water partition coefficient (Wildman–Crippen LogP) is 3.19. The van der Waals surface area contributed by atoms with E-state index in [9.17, 15) is 4.79 Å². The standard InChI is InChI=1S/C19H21N5O2S/c1-26-16-6-4-15(5-7-16)20-17(25)14-8-12-24(13-9-14)19-22-21-18(27-19)23-10-2-3-11-23/h2-7,10-11,14H,8-9,12-13H2,1H3,(H,20,25). The fourth-order valence-electron chi connectivity index (χ4n) is 3.15. The molecule has 1 amide bonds. The molecule has 0 spiro atoms. The van der Waals surface area contributed by atoms with Crippen LogP contribution in [-0.4, -0.2) is 40.9 Å². The first-order chi connectivity index (χ1) is 13.2. The van der Waals surface area contributed by atoms with Crippen LogP contribution in [0.3, 0.4) is 0 Å². The molecule has 0 aliphatic carbocycles. The summed E-state index contributed by atoms with van der Waals surface area (Å²) in [5, 5.41) is 13.3. The number of methoxy groups -OCH3 is 1. The molecule has 0 bridgehead atoms. The lowest BCUT2D eigenvalue weighted by atomic mass is 9.96. The Morgan fingerprint density at radius 3 is 2.44 bits per heavy atom. The third kappa shape index (κ3) is 3.95. The maximum Gasteiger partial charge on any atom is 0.227 e. The molecule has 3 aromatic rings. The third-order valence-electron chi connectivity index (χ3n) is 4.72. The SMILES string of the molecule is COc1ccc(NC(=O)C2CCN(c3nnc(-n4cccc4)s3)CC2)cc1. The Bertz CT molecular complexity index is 883. The van der Waals surface area contributed by atoms with Gasteiger partial charge in [0.1, 0.15) is 5.75 Å². The number of rotatable bonds is 5. The second-order valence-electron chi connectivity index (χ2n) is 6.44. The van der Waals surface area contributed by atoms with Crippen LogP contribution >= 0.6 is 11.3 Å². The van der Waals surface area contributed by atoms with Crippen LogP contribution in [0.5, 0.6) is 5.75 Å². The summed E-state index contributed by atoms with van der Waals surface area (Å²) in [7, 11) is 1.63. The van der Waals surface area contributed by atoms with Crippen molar-refractivity contribution in [3.63, 3.8) is 0 Å². The molecule has 1 aliphatic rings. The first-order valence-corrected chi connectivity index (χ1v) is 9.71. The number of amides is 1. The van der Waals surface area contributed by atoms with E-state index in [-0.39, 0.29) is 11.8 Å². The van der Waals surface area contributed by atoms with Crippen LogP contribution < -0.4 is 15.0 Å². The Kier molecular flexibility index (Phi) is 5.06. The van der Waals surface area contributed by atoms with E-state index in [1.165, 1.54) is 0 Å². The number of aromatic nitrogens is 3. The molecule has 1 aromatic carbocycles. The largest absolute Gasteiger partial charge is 0.497 e. The number of piperidine rings is 1. The third-order valence-corrected chi connectivity index (χ3v) is 5.72. The van der Waals surface area contributed by atoms with Crippen LogP contribution in [0.1, 0.15) is 12.8 Å². The molecule has 8 heteroatoms. The minimum Gasteiger partial charge on any atom is -0.497 e. The van der Waals surface area contributed by atoms with Crippen molar-refractivity contribution in [1.82, 2.24) is 14.8 Å². The van der Waals surface area contributed by atoms with Crippen molar-refractivity contribution in [1.29, 1.82) is 0 Å². The molecule has 0 radical (unpaired) electrons. The van der Waals surface area contributed by atoms with Gasteiger partial charge in [0.25, 0.3) is 0 Å². The van der Waals surface area contributed by atoms with Gasteiger partial charge in [0.2, 0.25) is 16.2 Å². The van der Waals surface area contributed by atoms with Gasteiger partial charge in [0.05, 0.1) is 7.11 Å². The zero-order valence-corrected chi connectivity index (χ0v) is 15.9. The minimum atomic E-state index is 0.0141. The van der Waals surface area contributed by atoms with Gasteiger partial charge in [-0.25, -0.2) is 0 Å². The molecule has 0 unspecified atom stereocenters. The fourth-order valence-corrected chi connectivity index (χ4v) is 4.02. The maximum atomic E-state index is 12.5. The van der Waals surface area contributed by atoms with Crippen LogP contribution in [0.4, 0.5) is 10.8 Å². The summed E-state index contributed by atoms with van der Waals surface area (Å²) in [5.41, 5.74) is 0.795. The van der Waals surface area contributed by atoms with Gasteiger partial charge in [-0.05, 0) is 49.2 Å². The molecule has 1 fully saturated rings. The van der Waals surface area contributed by atoms with E-state index >= 15 is 0 Å². The molecule has 2 aromatic heterocycles. The second kappa shape index (κ2) is 7.79. The number of ether oxygens (including phenoxy) is 1. The molecule has 4 rings (SSSR count). The van der Waals surface area contributed by atoms with Crippen LogP contribution in [0.15, 0.2) is 48.8 Å². The van der Waals surface area contributed by atoms with Gasteiger partial charge in [0.15, 0.2) is 0 Å². The van der Waals surface area contributed by atoms with Crippen LogP contribution in [0, 0.1) is 5.92 Å². The topological polar surface area (TPSA) is 72.3 Å². The average Bonchev–Trinajstić information content (AvgIpc) is 3.40. The van der Waals surface area contributed by atoms with E-state index in [2.05, 4.69) is 20.4 Å². The van der Waals surface area contributed by atoms with Crippen molar-refractivity contribution in [2.24, 2.45) is 5.92 Å². The van der Waals surface area contributed by atoms with E-state index < -0.39 is 0 Å². The van der Waals surface area contributed by atoms with Crippen LogP contribution in [0.2, 0.25) is 0 Å². The Hall–Kier alpha value is -2.87. The van der Waals surface area contributed by atoms with E-state index in [0.29, 0.717) is 0 Å². The number of nitrogens with one attached hydrogen (secondary N) is 1. The fraction of sp³-hybridized carbons (Fsp3) is 0.316. The monoisotopic (exact) mass is 383 g/mol. The molecule has 7 nitrogen and oxygen atoms in total. The normalized spacial score (nSPS) is 14.9. The molecule has 1 N–H and O–H groups in total. The first kappa shape index (κ1) is 17.5. The molecule has 0 saturated carbocycles. The number of anilines is 2. The Morgan fingerprint density at radius 1 is 1.11 bits per heavy atom. The highest BCUT2D eigenvalue weighted by Gasteiger charge is 2.26. The summed E-state index contributed by atoms with van der Waals surface area (Å²) in [6, 6.07) is 11.3. The summed E-state index contributed by atoms with van der Waals surface area (Å²) < 4.78 is 7.09. The number of benzene rings is 1. The van der Waals surface area contributed by atoms with E-state index in [1.54, 1.807) is 18.4 Å². The van der Waals surface area contributed by atoms with Crippen molar-refractivity contribution in [2.45, 2.75) is 12.8 Å². The van der Waals surface area contributed by atoms with Gasteiger partial charge in [-0.3, -0.25) is 9.36 Å². The van der Waals surface area contributed by atoms with Gasteiger partial charge in [-0.2, -0.15) is 0 Å². The lowest BCUT2D eigenvalue weighted by Gasteiger charge is -2.30. The summed E-state index contributed by atoms with van der Waals surface area (Å²) in [6.45, 7) is 1.61. The quantitative estimate of drug-likeness (QED) is 0.733. The molecular formula is C19H21N5O2S. The Morgan fingerprint density at radius 2 is 1.78 bits per heavy atom. The first-order valence-electron chi connectivity index (χ1n) is 8.89. The van der Waals surface area contributed by atoms with Gasteiger partial charge in [-0.1, -0.05) is 11.3 Å². The zero-order chi connectivity index (χ0) is 18.6. The van der Waals surface area contributed by atoms with Gasteiger partial charge in [-0.15, -0.1) is 10.2 Å². The highest BCUT2D eigenvalue weighted by Crippen LogP contribution is 2.28. The molecule has 1 aliphatic heterocycles. The van der Waals surface area contributed by atoms with Crippen molar-refractivity contribution in [2.75, 3.05) is 30.4 Å². The Labute approximate surface area is 161 Å². The van der Waals surface area contributed by atoms with E-state index in [1.807, 2.05) is 53.4 Å². The molecule has 3 heterocycles. The summed E-state index contributed by atoms with van der Waals surface area (Å²) in [6.07, 6.45) is 5.53. The minimum absolute atomic E-state index is 0.0141. The second-order valence-corrected chi connectivity index (χ2v) is 7.37. The molecular weight excluding hydrogens is 362 g/mol. The highest BCUT2D eigenvalue weighted by atomic mass is 32.1. The predicted molar refractivity (Wildman–Crippen MR) is 106 cm³/mol. The number of carbonyl (C=O) groups excluding carboxylic acids is 1. The van der Waals surface area contributed by atoms with Crippen molar-refractivity contribution in [3.05, 3.63) is 48.8 Å². The number of hydrogen-bond acceptors (Lipinski definition) is 6. The summed E-state index contributed by atoms with van der Waals surface area (Å²) in [4.78, 5) is 14.7. The summed E-state index contributed by atoms with van der Waals surface area (Å²) in [5.74, 6) is 0.864.